The number of aliphatic carboxylic acids is 1. The minimum Gasteiger partial charge on any atom is -0.481 e. The third-order valence-corrected chi connectivity index (χ3v) is 3.71. The summed E-state index contributed by atoms with van der Waals surface area (Å²) in [6.07, 6.45) is 7.58. The molecule has 0 bridgehead atoms. The highest BCUT2D eigenvalue weighted by Gasteiger charge is 2.04. The molecule has 0 radical (unpaired) electrons. The predicted molar refractivity (Wildman–Crippen MR) is 91.0 cm³/mol. The van der Waals surface area contributed by atoms with Crippen molar-refractivity contribution in [3.8, 4) is 5.69 Å². The number of carbonyl (C=O) groups excluding carboxylic acids is 1. The van der Waals surface area contributed by atoms with Gasteiger partial charge in [-0.15, -0.1) is 0 Å². The Bertz CT molecular complexity index is 636. The number of rotatable bonds is 10. The van der Waals surface area contributed by atoms with Crippen molar-refractivity contribution in [3.05, 3.63) is 48.3 Å². The summed E-state index contributed by atoms with van der Waals surface area (Å²) in [6, 6.07) is 9.62. The molecule has 0 saturated carbocycles. The highest BCUT2D eigenvalue weighted by atomic mass is 16.4. The van der Waals surface area contributed by atoms with Gasteiger partial charge in [-0.05, 0) is 36.6 Å². The van der Waals surface area contributed by atoms with E-state index in [9.17, 15) is 9.59 Å². The number of carbonyl (C=O) groups is 2. The lowest BCUT2D eigenvalue weighted by atomic mass is 10.1. The SMILES string of the molecule is O=C(O)CCCCCCNC(=O)Cc1ccc(-n2cccn2)cc1. The van der Waals surface area contributed by atoms with Crippen LogP contribution in [0.5, 0.6) is 0 Å². The van der Waals surface area contributed by atoms with Gasteiger partial charge in [0, 0.05) is 25.4 Å². The van der Waals surface area contributed by atoms with E-state index < -0.39 is 5.97 Å². The summed E-state index contributed by atoms with van der Waals surface area (Å²) in [5.74, 6) is -0.741. The molecule has 0 fully saturated rings. The first-order valence-corrected chi connectivity index (χ1v) is 8.22. The van der Waals surface area contributed by atoms with Crippen LogP contribution in [0.2, 0.25) is 0 Å². The molecule has 0 saturated heterocycles. The topological polar surface area (TPSA) is 84.2 Å². The van der Waals surface area contributed by atoms with Gasteiger partial charge in [0.05, 0.1) is 12.1 Å². The molecular weight excluding hydrogens is 306 g/mol. The van der Waals surface area contributed by atoms with Crippen molar-refractivity contribution in [1.29, 1.82) is 0 Å². The van der Waals surface area contributed by atoms with E-state index in [1.165, 1.54) is 0 Å². The van der Waals surface area contributed by atoms with Crippen LogP contribution in [0.3, 0.4) is 0 Å². The van der Waals surface area contributed by atoms with Crippen LogP contribution in [0.4, 0.5) is 0 Å². The van der Waals surface area contributed by atoms with E-state index in [4.69, 9.17) is 5.11 Å². The zero-order valence-corrected chi connectivity index (χ0v) is 13.6. The fourth-order valence-electron chi connectivity index (χ4n) is 2.42. The number of carboxylic acids is 1. The molecule has 6 heteroatoms. The molecule has 2 rings (SSSR count). The second-order valence-corrected chi connectivity index (χ2v) is 5.70. The fourth-order valence-corrected chi connectivity index (χ4v) is 2.42. The van der Waals surface area contributed by atoms with E-state index in [0.29, 0.717) is 19.4 Å². The van der Waals surface area contributed by atoms with Gasteiger partial charge in [0.1, 0.15) is 0 Å². The third kappa shape index (κ3) is 6.24. The summed E-state index contributed by atoms with van der Waals surface area (Å²) in [4.78, 5) is 22.3. The van der Waals surface area contributed by atoms with E-state index in [-0.39, 0.29) is 12.3 Å². The molecular formula is C18H23N3O3. The zero-order valence-electron chi connectivity index (χ0n) is 13.6. The highest BCUT2D eigenvalue weighted by Crippen LogP contribution is 2.09. The first-order valence-electron chi connectivity index (χ1n) is 8.22. The van der Waals surface area contributed by atoms with Gasteiger partial charge < -0.3 is 10.4 Å². The number of hydrogen-bond acceptors (Lipinski definition) is 3. The molecule has 24 heavy (non-hydrogen) atoms. The smallest absolute Gasteiger partial charge is 0.303 e. The van der Waals surface area contributed by atoms with E-state index in [0.717, 1.165) is 30.5 Å². The minimum absolute atomic E-state index is 0.00683. The summed E-state index contributed by atoms with van der Waals surface area (Å²) in [6.45, 7) is 0.636. The second kappa shape index (κ2) is 9.50. The van der Waals surface area contributed by atoms with Crippen molar-refractivity contribution in [2.75, 3.05) is 6.54 Å². The lowest BCUT2D eigenvalue weighted by Gasteiger charge is -2.06. The van der Waals surface area contributed by atoms with E-state index >= 15 is 0 Å². The van der Waals surface area contributed by atoms with Crippen LogP contribution in [-0.4, -0.2) is 33.3 Å². The van der Waals surface area contributed by atoms with E-state index in [1.807, 2.05) is 36.5 Å². The average Bonchev–Trinajstić information content (AvgIpc) is 3.09. The average molecular weight is 329 g/mol. The molecule has 0 aliphatic heterocycles. The Kier molecular flexibility index (Phi) is 7.01. The molecule has 0 aliphatic carbocycles. The van der Waals surface area contributed by atoms with Gasteiger partial charge in [-0.1, -0.05) is 25.0 Å². The van der Waals surface area contributed by atoms with Crippen molar-refractivity contribution in [2.24, 2.45) is 0 Å². The molecule has 0 spiro atoms. The number of unbranched alkanes of at least 4 members (excludes halogenated alkanes) is 3. The lowest BCUT2D eigenvalue weighted by Crippen LogP contribution is -2.26. The molecule has 6 nitrogen and oxygen atoms in total. The molecule has 1 heterocycles. The van der Waals surface area contributed by atoms with Gasteiger partial charge in [0.25, 0.3) is 0 Å². The second-order valence-electron chi connectivity index (χ2n) is 5.70. The number of nitrogens with zero attached hydrogens (tertiary/aromatic N) is 2. The summed E-state index contributed by atoms with van der Waals surface area (Å²) in [5, 5.41) is 15.6. The summed E-state index contributed by atoms with van der Waals surface area (Å²) in [5.41, 5.74) is 1.93. The molecule has 0 unspecified atom stereocenters. The molecule has 0 aliphatic rings. The Morgan fingerprint density at radius 2 is 1.83 bits per heavy atom. The van der Waals surface area contributed by atoms with Crippen LogP contribution >= 0.6 is 0 Å². The Morgan fingerprint density at radius 3 is 2.50 bits per heavy atom. The number of amides is 1. The number of aromatic nitrogens is 2. The van der Waals surface area contributed by atoms with Gasteiger partial charge in [-0.25, -0.2) is 4.68 Å². The summed E-state index contributed by atoms with van der Waals surface area (Å²) < 4.78 is 1.77. The molecule has 0 atom stereocenters. The van der Waals surface area contributed by atoms with Crippen molar-refractivity contribution in [2.45, 2.75) is 38.5 Å². The normalized spacial score (nSPS) is 10.5. The van der Waals surface area contributed by atoms with Crippen LogP contribution < -0.4 is 5.32 Å². The van der Waals surface area contributed by atoms with Crippen LogP contribution in [0.15, 0.2) is 42.7 Å². The predicted octanol–water partition coefficient (Wildman–Crippen LogP) is 2.57. The van der Waals surface area contributed by atoms with Gasteiger partial charge in [-0.3, -0.25) is 9.59 Å². The molecule has 2 N–H and O–H groups in total. The maximum atomic E-state index is 11.9. The number of benzene rings is 1. The highest BCUT2D eigenvalue weighted by molar-refractivity contribution is 5.78. The van der Waals surface area contributed by atoms with Gasteiger partial charge in [-0.2, -0.15) is 5.10 Å². The van der Waals surface area contributed by atoms with Crippen molar-refractivity contribution in [1.82, 2.24) is 15.1 Å². The Balaban J connectivity index is 1.63. The van der Waals surface area contributed by atoms with Gasteiger partial charge in [0.2, 0.25) is 5.91 Å². The third-order valence-electron chi connectivity index (χ3n) is 3.71. The largest absolute Gasteiger partial charge is 0.481 e. The van der Waals surface area contributed by atoms with Crippen LogP contribution in [0.25, 0.3) is 5.69 Å². The van der Waals surface area contributed by atoms with Gasteiger partial charge >= 0.3 is 5.97 Å². The lowest BCUT2D eigenvalue weighted by molar-refractivity contribution is -0.137. The van der Waals surface area contributed by atoms with E-state index in [2.05, 4.69) is 10.4 Å². The standard InChI is InChI=1S/C18H23N3O3/c22-17(19-11-4-2-1-3-6-18(23)24)14-15-7-9-16(10-8-15)21-13-5-12-20-21/h5,7-10,12-13H,1-4,6,11,14H2,(H,19,22)(H,23,24). The van der Waals surface area contributed by atoms with Crippen molar-refractivity contribution < 1.29 is 14.7 Å². The Hall–Kier alpha value is -2.63. The zero-order chi connectivity index (χ0) is 17.2. The maximum absolute atomic E-state index is 11.9. The molecule has 2 aromatic rings. The van der Waals surface area contributed by atoms with Crippen molar-refractivity contribution in [3.63, 3.8) is 0 Å². The maximum Gasteiger partial charge on any atom is 0.303 e. The van der Waals surface area contributed by atoms with Crippen molar-refractivity contribution >= 4 is 11.9 Å². The van der Waals surface area contributed by atoms with Crippen LogP contribution in [-0.2, 0) is 16.0 Å². The first-order chi connectivity index (χ1) is 11.6. The summed E-state index contributed by atoms with van der Waals surface area (Å²) in [7, 11) is 0. The molecule has 128 valence electrons. The number of carboxylic acid groups (broad SMARTS) is 1. The Labute approximate surface area is 141 Å². The van der Waals surface area contributed by atoms with Crippen LogP contribution in [0, 0.1) is 0 Å². The molecule has 1 aromatic carbocycles. The molecule has 1 amide bonds. The number of hydrogen-bond donors (Lipinski definition) is 2. The van der Waals surface area contributed by atoms with Gasteiger partial charge in [0.15, 0.2) is 0 Å². The monoisotopic (exact) mass is 329 g/mol. The van der Waals surface area contributed by atoms with Crippen LogP contribution in [0.1, 0.15) is 37.7 Å². The number of nitrogens with one attached hydrogen (secondary N) is 1. The first kappa shape index (κ1) is 17.7. The fraction of sp³-hybridized carbons (Fsp3) is 0.389. The van der Waals surface area contributed by atoms with E-state index in [1.54, 1.807) is 10.9 Å². The Morgan fingerprint density at radius 1 is 1.08 bits per heavy atom. The quantitative estimate of drug-likeness (QED) is 0.656. The minimum atomic E-state index is -0.748. The summed E-state index contributed by atoms with van der Waals surface area (Å²) >= 11 is 0. The molecule has 1 aromatic heterocycles.